The highest BCUT2D eigenvalue weighted by atomic mass is 32.2. The first-order chi connectivity index (χ1) is 11.2. The van der Waals surface area contributed by atoms with Crippen LogP contribution in [0.15, 0.2) is 29.2 Å². The number of rotatable bonds is 6. The van der Waals surface area contributed by atoms with Crippen LogP contribution in [0.3, 0.4) is 0 Å². The molecule has 1 saturated heterocycles. The Hall–Kier alpha value is -1.48. The molecule has 1 aromatic rings. The van der Waals surface area contributed by atoms with Gasteiger partial charge in [0.15, 0.2) is 0 Å². The van der Waals surface area contributed by atoms with Crippen LogP contribution in [0.2, 0.25) is 0 Å². The Kier molecular flexibility index (Phi) is 5.97. The summed E-state index contributed by atoms with van der Waals surface area (Å²) in [5.74, 6) is -0.164. The average Bonchev–Trinajstić information content (AvgIpc) is 2.98. The number of nitrogens with zero attached hydrogens (tertiary/aromatic N) is 1. The summed E-state index contributed by atoms with van der Waals surface area (Å²) >= 11 is 0. The van der Waals surface area contributed by atoms with Crippen molar-refractivity contribution in [1.29, 1.82) is 0 Å². The van der Waals surface area contributed by atoms with Gasteiger partial charge in [0.25, 0.3) is 0 Å². The highest BCUT2D eigenvalue weighted by Gasteiger charge is 2.27. The SMILES string of the molecule is CC(C)N(C)S(=O)(=O)c1ccc(CNC(=O)C2CC(O)CN2)cc1. The van der Waals surface area contributed by atoms with Crippen molar-refractivity contribution in [3.8, 4) is 0 Å². The molecule has 1 aliphatic heterocycles. The highest BCUT2D eigenvalue weighted by Crippen LogP contribution is 2.17. The molecule has 24 heavy (non-hydrogen) atoms. The highest BCUT2D eigenvalue weighted by molar-refractivity contribution is 7.89. The summed E-state index contributed by atoms with van der Waals surface area (Å²) in [6.45, 7) is 4.37. The second-order valence-corrected chi connectivity index (χ2v) is 8.32. The molecule has 1 amide bonds. The molecule has 1 aliphatic rings. The van der Waals surface area contributed by atoms with Gasteiger partial charge in [-0.15, -0.1) is 0 Å². The third-order valence-electron chi connectivity index (χ3n) is 4.22. The van der Waals surface area contributed by atoms with Crippen molar-refractivity contribution >= 4 is 15.9 Å². The molecule has 1 fully saturated rings. The van der Waals surface area contributed by atoms with Crippen LogP contribution in [0.4, 0.5) is 0 Å². The van der Waals surface area contributed by atoms with E-state index in [1.807, 2.05) is 13.8 Å². The van der Waals surface area contributed by atoms with Crippen LogP contribution in [0.5, 0.6) is 0 Å². The summed E-state index contributed by atoms with van der Waals surface area (Å²) in [5, 5.41) is 15.2. The zero-order chi connectivity index (χ0) is 17.9. The first kappa shape index (κ1) is 18.9. The second-order valence-electron chi connectivity index (χ2n) is 6.33. The fraction of sp³-hybridized carbons (Fsp3) is 0.562. The van der Waals surface area contributed by atoms with Crippen LogP contribution in [-0.4, -0.2) is 55.5 Å². The van der Waals surface area contributed by atoms with Gasteiger partial charge in [-0.25, -0.2) is 8.42 Å². The summed E-state index contributed by atoms with van der Waals surface area (Å²) in [7, 11) is -1.94. The first-order valence-electron chi connectivity index (χ1n) is 7.98. The molecule has 1 heterocycles. The van der Waals surface area contributed by atoms with Crippen molar-refractivity contribution in [1.82, 2.24) is 14.9 Å². The lowest BCUT2D eigenvalue weighted by Gasteiger charge is -2.21. The van der Waals surface area contributed by atoms with Crippen molar-refractivity contribution in [2.45, 2.75) is 49.9 Å². The molecule has 8 heteroatoms. The lowest BCUT2D eigenvalue weighted by Crippen LogP contribution is -2.40. The molecular formula is C16H25N3O4S. The number of benzene rings is 1. The maximum Gasteiger partial charge on any atom is 0.243 e. The molecule has 0 aromatic heterocycles. The van der Waals surface area contributed by atoms with E-state index in [2.05, 4.69) is 10.6 Å². The van der Waals surface area contributed by atoms with Gasteiger partial charge in [-0.2, -0.15) is 4.31 Å². The molecule has 0 bridgehead atoms. The van der Waals surface area contributed by atoms with Crippen molar-refractivity contribution in [2.24, 2.45) is 0 Å². The van der Waals surface area contributed by atoms with E-state index >= 15 is 0 Å². The molecule has 0 aliphatic carbocycles. The molecule has 0 radical (unpaired) electrons. The van der Waals surface area contributed by atoms with Crippen LogP contribution in [-0.2, 0) is 21.4 Å². The smallest absolute Gasteiger partial charge is 0.243 e. The Balaban J connectivity index is 1.96. The van der Waals surface area contributed by atoms with Gasteiger partial charge in [0.05, 0.1) is 17.0 Å². The number of carbonyl (C=O) groups excluding carboxylic acids is 1. The minimum Gasteiger partial charge on any atom is -0.392 e. The Morgan fingerprint density at radius 3 is 2.50 bits per heavy atom. The monoisotopic (exact) mass is 355 g/mol. The number of amides is 1. The van der Waals surface area contributed by atoms with Crippen LogP contribution < -0.4 is 10.6 Å². The molecular weight excluding hydrogens is 330 g/mol. The predicted molar refractivity (Wildman–Crippen MR) is 90.8 cm³/mol. The van der Waals surface area contributed by atoms with E-state index in [0.717, 1.165) is 5.56 Å². The van der Waals surface area contributed by atoms with Crippen molar-refractivity contribution in [3.63, 3.8) is 0 Å². The van der Waals surface area contributed by atoms with Gasteiger partial charge in [-0.1, -0.05) is 12.1 Å². The number of carbonyl (C=O) groups is 1. The van der Waals surface area contributed by atoms with Crippen molar-refractivity contribution < 1.29 is 18.3 Å². The van der Waals surface area contributed by atoms with E-state index in [1.54, 1.807) is 31.3 Å². The topological polar surface area (TPSA) is 98.7 Å². The Morgan fingerprint density at radius 2 is 2.00 bits per heavy atom. The van der Waals surface area contributed by atoms with Crippen molar-refractivity contribution in [3.05, 3.63) is 29.8 Å². The molecule has 2 unspecified atom stereocenters. The molecule has 2 atom stereocenters. The molecule has 3 N–H and O–H groups in total. The van der Waals surface area contributed by atoms with Gasteiger partial charge in [0.2, 0.25) is 15.9 Å². The van der Waals surface area contributed by atoms with Gasteiger partial charge in [-0.3, -0.25) is 4.79 Å². The predicted octanol–water partition coefficient (Wildman–Crippen LogP) is 0.0545. The van der Waals surface area contributed by atoms with Gasteiger partial charge in [0.1, 0.15) is 0 Å². The Bertz CT molecular complexity index is 673. The fourth-order valence-corrected chi connectivity index (χ4v) is 3.82. The van der Waals surface area contributed by atoms with E-state index in [1.165, 1.54) is 4.31 Å². The summed E-state index contributed by atoms with van der Waals surface area (Å²) in [6, 6.07) is 5.99. The Labute approximate surface area is 143 Å². The third-order valence-corrected chi connectivity index (χ3v) is 6.27. The number of β-amino-alcohol motifs (C(OH)–C–C–N with tert-alkyl or cyclic N) is 1. The van der Waals surface area contributed by atoms with Crippen LogP contribution in [0.1, 0.15) is 25.8 Å². The van der Waals surface area contributed by atoms with Crippen LogP contribution in [0, 0.1) is 0 Å². The van der Waals surface area contributed by atoms with Gasteiger partial charge in [-0.05, 0) is 38.0 Å². The maximum absolute atomic E-state index is 12.4. The average molecular weight is 355 g/mol. The third kappa shape index (κ3) is 4.32. The van der Waals surface area contributed by atoms with Gasteiger partial charge < -0.3 is 15.7 Å². The second kappa shape index (κ2) is 7.60. The molecule has 0 saturated carbocycles. The Morgan fingerprint density at radius 1 is 1.38 bits per heavy atom. The molecule has 134 valence electrons. The first-order valence-corrected chi connectivity index (χ1v) is 9.42. The number of aliphatic hydroxyl groups excluding tert-OH is 1. The summed E-state index contributed by atoms with van der Waals surface area (Å²) < 4.78 is 26.1. The number of aliphatic hydroxyl groups is 1. The quantitative estimate of drug-likeness (QED) is 0.670. The van der Waals surface area contributed by atoms with Crippen LogP contribution >= 0.6 is 0 Å². The molecule has 2 rings (SSSR count). The van der Waals surface area contributed by atoms with E-state index in [4.69, 9.17) is 0 Å². The zero-order valence-corrected chi connectivity index (χ0v) is 15.0. The summed E-state index contributed by atoms with van der Waals surface area (Å²) in [5.41, 5.74) is 0.813. The number of hydrogen-bond acceptors (Lipinski definition) is 5. The standard InChI is InChI=1S/C16H25N3O4S/c1-11(2)19(3)24(22,23)14-6-4-12(5-7-14)9-18-16(21)15-8-13(20)10-17-15/h4-7,11,13,15,17,20H,8-10H2,1-3H3,(H,18,21). The number of nitrogens with one attached hydrogen (secondary N) is 2. The largest absolute Gasteiger partial charge is 0.392 e. The lowest BCUT2D eigenvalue weighted by atomic mass is 10.2. The maximum atomic E-state index is 12.4. The van der Waals surface area contributed by atoms with E-state index < -0.39 is 16.1 Å². The minimum atomic E-state index is -3.50. The van der Waals surface area contributed by atoms with Crippen molar-refractivity contribution in [2.75, 3.05) is 13.6 Å². The minimum absolute atomic E-state index is 0.122. The zero-order valence-electron chi connectivity index (χ0n) is 14.2. The summed E-state index contributed by atoms with van der Waals surface area (Å²) in [6.07, 6.45) is -0.0759. The van der Waals surface area contributed by atoms with Crippen LogP contribution in [0.25, 0.3) is 0 Å². The van der Waals surface area contributed by atoms with E-state index in [9.17, 15) is 18.3 Å². The number of hydrogen-bond donors (Lipinski definition) is 3. The molecule has 7 nitrogen and oxygen atoms in total. The lowest BCUT2D eigenvalue weighted by molar-refractivity contribution is -0.123. The molecule has 1 aromatic carbocycles. The molecule has 0 spiro atoms. The number of sulfonamides is 1. The normalized spacial score (nSPS) is 21.4. The summed E-state index contributed by atoms with van der Waals surface area (Å²) in [4.78, 5) is 12.2. The van der Waals surface area contributed by atoms with Gasteiger partial charge in [0, 0.05) is 26.2 Å². The van der Waals surface area contributed by atoms with E-state index in [0.29, 0.717) is 19.5 Å². The fourth-order valence-electron chi connectivity index (χ4n) is 2.45. The van der Waals surface area contributed by atoms with Gasteiger partial charge >= 0.3 is 0 Å². The van der Waals surface area contributed by atoms with E-state index in [-0.39, 0.29) is 22.9 Å².